The average Bonchev–Trinajstić information content (AvgIpc) is 2.46. The van der Waals surface area contributed by atoms with Crippen molar-refractivity contribution in [3.05, 3.63) is 70.8 Å². The predicted molar refractivity (Wildman–Crippen MR) is 82.6 cm³/mol. The first-order valence-electron chi connectivity index (χ1n) is 7.11. The van der Waals surface area contributed by atoms with E-state index in [9.17, 15) is 4.79 Å². The van der Waals surface area contributed by atoms with Crippen LogP contribution in [-0.2, 0) is 24.1 Å². The predicted octanol–water partition coefficient (Wildman–Crippen LogP) is 3.26. The van der Waals surface area contributed by atoms with E-state index in [0.717, 1.165) is 19.3 Å². The van der Waals surface area contributed by atoms with Gasteiger partial charge in [-0.05, 0) is 41.5 Å². The van der Waals surface area contributed by atoms with E-state index in [1.165, 1.54) is 22.3 Å². The highest BCUT2D eigenvalue weighted by Crippen LogP contribution is 2.16. The summed E-state index contributed by atoms with van der Waals surface area (Å²) in [5.41, 5.74) is 10.4. The normalized spacial score (nSPS) is 10.4. The molecule has 2 aromatic carbocycles. The largest absolute Gasteiger partial charge is 0.370 e. The molecule has 0 bridgehead atoms. The molecule has 0 atom stereocenters. The summed E-state index contributed by atoms with van der Waals surface area (Å²) in [6, 6.07) is 17.1. The molecule has 0 aliphatic rings. The van der Waals surface area contributed by atoms with Gasteiger partial charge >= 0.3 is 0 Å². The molecule has 0 aromatic heterocycles. The van der Waals surface area contributed by atoms with Gasteiger partial charge in [0.05, 0.1) is 0 Å². The van der Waals surface area contributed by atoms with Gasteiger partial charge in [-0.15, -0.1) is 0 Å². The molecule has 2 rings (SSSR count). The van der Waals surface area contributed by atoms with Crippen molar-refractivity contribution in [2.24, 2.45) is 5.73 Å². The molecule has 0 spiro atoms. The zero-order valence-electron chi connectivity index (χ0n) is 11.9. The third-order valence-electron chi connectivity index (χ3n) is 3.43. The Morgan fingerprint density at radius 1 is 0.950 bits per heavy atom. The van der Waals surface area contributed by atoms with Crippen molar-refractivity contribution in [1.82, 2.24) is 0 Å². The molecule has 2 nitrogen and oxygen atoms in total. The number of carbonyl (C=O) groups excluding carboxylic acids is 1. The van der Waals surface area contributed by atoms with Gasteiger partial charge in [0.25, 0.3) is 0 Å². The summed E-state index contributed by atoms with van der Waals surface area (Å²) in [7, 11) is 0. The van der Waals surface area contributed by atoms with E-state index in [4.69, 9.17) is 5.73 Å². The highest BCUT2D eigenvalue weighted by atomic mass is 16.1. The number of nitrogens with two attached hydrogens (primary N) is 1. The minimum absolute atomic E-state index is 0.239. The van der Waals surface area contributed by atoms with Crippen molar-refractivity contribution in [3.63, 3.8) is 0 Å². The monoisotopic (exact) mass is 267 g/mol. The van der Waals surface area contributed by atoms with E-state index in [0.29, 0.717) is 6.42 Å². The van der Waals surface area contributed by atoms with Crippen LogP contribution in [-0.4, -0.2) is 5.91 Å². The zero-order chi connectivity index (χ0) is 14.4. The van der Waals surface area contributed by atoms with Gasteiger partial charge in [-0.1, -0.05) is 55.5 Å². The maximum absolute atomic E-state index is 10.9. The number of amides is 1. The molecule has 0 aliphatic heterocycles. The summed E-state index contributed by atoms with van der Waals surface area (Å²) >= 11 is 0. The van der Waals surface area contributed by atoms with Gasteiger partial charge < -0.3 is 5.73 Å². The summed E-state index contributed by atoms with van der Waals surface area (Å²) in [5.74, 6) is -0.239. The first-order valence-corrected chi connectivity index (χ1v) is 7.11. The molecule has 0 aliphatic carbocycles. The fourth-order valence-corrected chi connectivity index (χ4v) is 2.39. The van der Waals surface area contributed by atoms with Gasteiger partial charge in [0.1, 0.15) is 0 Å². The smallest absolute Gasteiger partial charge is 0.217 e. The molecule has 2 N–H and O–H groups in total. The number of hydrogen-bond acceptors (Lipinski definition) is 1. The van der Waals surface area contributed by atoms with Gasteiger partial charge in [0.2, 0.25) is 5.91 Å². The number of hydrogen-bond donors (Lipinski definition) is 1. The van der Waals surface area contributed by atoms with Crippen molar-refractivity contribution in [2.45, 2.75) is 32.6 Å². The van der Waals surface area contributed by atoms with Crippen molar-refractivity contribution < 1.29 is 4.79 Å². The van der Waals surface area contributed by atoms with Crippen LogP contribution in [0.25, 0.3) is 0 Å². The van der Waals surface area contributed by atoms with E-state index in [-0.39, 0.29) is 5.91 Å². The second kappa shape index (κ2) is 6.90. The Bertz CT molecular complexity index is 575. The molecule has 0 unspecified atom stereocenters. The minimum atomic E-state index is -0.239. The van der Waals surface area contributed by atoms with Gasteiger partial charge in [-0.2, -0.15) is 0 Å². The molecule has 104 valence electrons. The standard InChI is InChI=1S/C18H21NO/c1-2-14-10-16(8-9-18(19)20)13-17(11-14)12-15-6-4-3-5-7-15/h3-7,10-11,13H,2,8-9,12H2,1H3,(H2,19,20). The number of carbonyl (C=O) groups is 1. The van der Waals surface area contributed by atoms with Gasteiger partial charge in [0.15, 0.2) is 0 Å². The number of primary amides is 1. The molecule has 2 heteroatoms. The number of benzene rings is 2. The Labute approximate surface area is 120 Å². The molecule has 0 radical (unpaired) electrons. The zero-order valence-corrected chi connectivity index (χ0v) is 11.9. The second-order valence-corrected chi connectivity index (χ2v) is 5.14. The molecule has 0 fully saturated rings. The molecule has 0 heterocycles. The molecule has 0 saturated carbocycles. The molecule has 20 heavy (non-hydrogen) atoms. The average molecular weight is 267 g/mol. The molecule has 1 amide bonds. The lowest BCUT2D eigenvalue weighted by atomic mass is 9.97. The van der Waals surface area contributed by atoms with Gasteiger partial charge in [-0.3, -0.25) is 4.79 Å². The quantitative estimate of drug-likeness (QED) is 0.857. The second-order valence-electron chi connectivity index (χ2n) is 5.14. The maximum atomic E-state index is 10.9. The third kappa shape index (κ3) is 4.23. The van der Waals surface area contributed by atoms with E-state index >= 15 is 0 Å². The first-order chi connectivity index (χ1) is 9.67. The fraction of sp³-hybridized carbons (Fsp3) is 0.278. The van der Waals surface area contributed by atoms with Crippen molar-refractivity contribution in [3.8, 4) is 0 Å². The number of rotatable bonds is 6. The van der Waals surface area contributed by atoms with Crippen molar-refractivity contribution in [2.75, 3.05) is 0 Å². The van der Waals surface area contributed by atoms with Crippen LogP contribution < -0.4 is 5.73 Å². The highest BCUT2D eigenvalue weighted by molar-refractivity contribution is 5.74. The Hall–Kier alpha value is -2.09. The Morgan fingerprint density at radius 2 is 1.60 bits per heavy atom. The molecule has 2 aromatic rings. The summed E-state index contributed by atoms with van der Waals surface area (Å²) in [4.78, 5) is 10.9. The fourth-order valence-electron chi connectivity index (χ4n) is 2.39. The third-order valence-corrected chi connectivity index (χ3v) is 3.43. The number of aryl methyl sites for hydroxylation is 2. The van der Waals surface area contributed by atoms with E-state index in [2.05, 4.69) is 49.4 Å². The van der Waals surface area contributed by atoms with E-state index in [1.54, 1.807) is 0 Å². The van der Waals surface area contributed by atoms with Crippen LogP contribution in [0.5, 0.6) is 0 Å². The van der Waals surface area contributed by atoms with Crippen LogP contribution in [0.4, 0.5) is 0 Å². The van der Waals surface area contributed by atoms with Crippen LogP contribution in [0.15, 0.2) is 48.5 Å². The Balaban J connectivity index is 2.19. The topological polar surface area (TPSA) is 43.1 Å². The first kappa shape index (κ1) is 14.3. The lowest BCUT2D eigenvalue weighted by molar-refractivity contribution is -0.117. The highest BCUT2D eigenvalue weighted by Gasteiger charge is 2.03. The van der Waals surface area contributed by atoms with Crippen LogP contribution in [0.2, 0.25) is 0 Å². The Kier molecular flexibility index (Phi) is 4.94. The van der Waals surface area contributed by atoms with Crippen LogP contribution in [0.3, 0.4) is 0 Å². The summed E-state index contributed by atoms with van der Waals surface area (Å²) in [5, 5.41) is 0. The SMILES string of the molecule is CCc1cc(CCC(N)=O)cc(Cc2ccccc2)c1. The van der Waals surface area contributed by atoms with Crippen LogP contribution in [0.1, 0.15) is 35.6 Å². The lowest BCUT2D eigenvalue weighted by Crippen LogP contribution is -2.11. The molecular formula is C18H21NO. The summed E-state index contributed by atoms with van der Waals surface area (Å²) < 4.78 is 0. The van der Waals surface area contributed by atoms with Gasteiger partial charge in [0, 0.05) is 6.42 Å². The summed E-state index contributed by atoms with van der Waals surface area (Å²) in [6.45, 7) is 2.15. The Morgan fingerprint density at radius 3 is 2.25 bits per heavy atom. The lowest BCUT2D eigenvalue weighted by Gasteiger charge is -2.09. The maximum Gasteiger partial charge on any atom is 0.217 e. The van der Waals surface area contributed by atoms with Crippen LogP contribution in [0, 0.1) is 0 Å². The van der Waals surface area contributed by atoms with E-state index < -0.39 is 0 Å². The molecule has 0 saturated heterocycles. The van der Waals surface area contributed by atoms with Gasteiger partial charge in [-0.25, -0.2) is 0 Å². The summed E-state index contributed by atoms with van der Waals surface area (Å²) in [6.07, 6.45) is 3.08. The minimum Gasteiger partial charge on any atom is -0.370 e. The van der Waals surface area contributed by atoms with Crippen molar-refractivity contribution >= 4 is 5.91 Å². The van der Waals surface area contributed by atoms with E-state index in [1.807, 2.05) is 6.07 Å². The molecular weight excluding hydrogens is 246 g/mol. The van der Waals surface area contributed by atoms with Crippen LogP contribution >= 0.6 is 0 Å². The van der Waals surface area contributed by atoms with Crippen molar-refractivity contribution in [1.29, 1.82) is 0 Å².